The van der Waals surface area contributed by atoms with Crippen LogP contribution in [0.5, 0.6) is 5.75 Å². The Morgan fingerprint density at radius 3 is 2.44 bits per heavy atom. The zero-order valence-electron chi connectivity index (χ0n) is 9.64. The van der Waals surface area contributed by atoms with Crippen molar-refractivity contribution in [3.05, 3.63) is 29.8 Å². The molecule has 1 N–H and O–H groups in total. The average Bonchev–Trinajstić information content (AvgIpc) is 2.34. The number of carboxylic acids is 1. The van der Waals surface area contributed by atoms with Crippen LogP contribution in [0.25, 0.3) is 0 Å². The molecule has 0 radical (unpaired) electrons. The summed E-state index contributed by atoms with van der Waals surface area (Å²) in [5, 5.41) is 8.68. The first-order chi connectivity index (χ1) is 8.59. The number of alkyl halides is 2. The number of aromatic carboxylic acids is 1. The molecule has 0 saturated heterocycles. The Labute approximate surface area is 103 Å². The zero-order valence-corrected chi connectivity index (χ0v) is 9.64. The third kappa shape index (κ3) is 5.58. The van der Waals surface area contributed by atoms with Crippen LogP contribution in [0.4, 0.5) is 8.78 Å². The van der Waals surface area contributed by atoms with Crippen LogP contribution in [0.3, 0.4) is 0 Å². The first-order valence-corrected chi connectivity index (χ1v) is 5.41. The van der Waals surface area contributed by atoms with E-state index in [4.69, 9.17) is 9.84 Å². The summed E-state index contributed by atoms with van der Waals surface area (Å²) in [5.41, 5.74) is 0.183. The van der Waals surface area contributed by atoms with E-state index >= 15 is 0 Å². The molecule has 0 amide bonds. The number of carboxylic acid groups (broad SMARTS) is 1. The Kier molecular flexibility index (Phi) is 6.07. The van der Waals surface area contributed by atoms with E-state index in [1.54, 1.807) is 12.1 Å². The van der Waals surface area contributed by atoms with Crippen molar-refractivity contribution in [2.75, 3.05) is 19.8 Å². The summed E-state index contributed by atoms with van der Waals surface area (Å²) in [6, 6.07) is 5.96. The summed E-state index contributed by atoms with van der Waals surface area (Å²) in [4.78, 5) is 10.6. The predicted octanol–water partition coefficient (Wildman–Crippen LogP) is 2.44. The van der Waals surface area contributed by atoms with Crippen LogP contribution in [-0.2, 0) is 4.74 Å². The van der Waals surface area contributed by atoms with Crippen molar-refractivity contribution >= 4 is 5.97 Å². The van der Waals surface area contributed by atoms with Crippen molar-refractivity contribution in [2.45, 2.75) is 12.8 Å². The van der Waals surface area contributed by atoms with E-state index in [9.17, 15) is 13.6 Å². The number of hydrogen-bond acceptors (Lipinski definition) is 3. The molecule has 4 nitrogen and oxygen atoms in total. The maximum absolute atomic E-state index is 11.7. The second kappa shape index (κ2) is 7.60. The summed E-state index contributed by atoms with van der Waals surface area (Å²) in [6.45, 7) is -0.0273. The van der Waals surface area contributed by atoms with Gasteiger partial charge in [0.05, 0.1) is 18.8 Å². The number of rotatable bonds is 8. The molecule has 0 aliphatic heterocycles. The molecule has 0 atom stereocenters. The molecular formula is C12H14F2O4. The van der Waals surface area contributed by atoms with Crippen LogP contribution >= 0.6 is 0 Å². The number of halogens is 2. The van der Waals surface area contributed by atoms with Crippen LogP contribution in [0.2, 0.25) is 0 Å². The van der Waals surface area contributed by atoms with Crippen molar-refractivity contribution in [2.24, 2.45) is 0 Å². The van der Waals surface area contributed by atoms with Gasteiger partial charge in [0, 0.05) is 6.42 Å². The van der Waals surface area contributed by atoms with Gasteiger partial charge >= 0.3 is 5.97 Å². The minimum atomic E-state index is -2.45. The molecule has 0 heterocycles. The Balaban J connectivity index is 2.17. The fourth-order valence-electron chi connectivity index (χ4n) is 1.22. The summed E-state index contributed by atoms with van der Waals surface area (Å²) in [6.07, 6.45) is -1.96. The van der Waals surface area contributed by atoms with Gasteiger partial charge in [-0.3, -0.25) is 0 Å². The molecule has 100 valence electrons. The molecular weight excluding hydrogens is 246 g/mol. The quantitative estimate of drug-likeness (QED) is 0.729. The van der Waals surface area contributed by atoms with Crippen molar-refractivity contribution in [3.63, 3.8) is 0 Å². The Morgan fingerprint density at radius 2 is 1.89 bits per heavy atom. The molecule has 6 heteroatoms. The molecule has 0 fully saturated rings. The molecule has 0 saturated carbocycles. The number of benzene rings is 1. The molecule has 0 spiro atoms. The Bertz CT molecular complexity index is 365. The third-order valence-corrected chi connectivity index (χ3v) is 2.05. The molecule has 0 bridgehead atoms. The smallest absolute Gasteiger partial charge is 0.335 e. The highest BCUT2D eigenvalue weighted by Crippen LogP contribution is 2.12. The van der Waals surface area contributed by atoms with E-state index in [0.717, 1.165) is 0 Å². The summed E-state index contributed by atoms with van der Waals surface area (Å²) in [5.74, 6) is -0.462. The fraction of sp³-hybridized carbons (Fsp3) is 0.417. The van der Waals surface area contributed by atoms with Gasteiger partial charge in [0.1, 0.15) is 12.4 Å². The third-order valence-electron chi connectivity index (χ3n) is 2.05. The Morgan fingerprint density at radius 1 is 1.22 bits per heavy atom. The number of hydrogen-bond donors (Lipinski definition) is 1. The van der Waals surface area contributed by atoms with Gasteiger partial charge in [-0.15, -0.1) is 0 Å². The van der Waals surface area contributed by atoms with Crippen LogP contribution in [0.1, 0.15) is 16.8 Å². The monoisotopic (exact) mass is 260 g/mol. The maximum atomic E-state index is 11.7. The summed E-state index contributed by atoms with van der Waals surface area (Å²) >= 11 is 0. The van der Waals surface area contributed by atoms with E-state index < -0.39 is 19.0 Å². The lowest BCUT2D eigenvalue weighted by atomic mass is 10.2. The van der Waals surface area contributed by atoms with E-state index in [1.807, 2.05) is 0 Å². The van der Waals surface area contributed by atoms with Crippen LogP contribution in [-0.4, -0.2) is 37.3 Å². The minimum Gasteiger partial charge on any atom is -0.494 e. The van der Waals surface area contributed by atoms with Crippen molar-refractivity contribution < 1.29 is 28.2 Å². The molecule has 0 aromatic heterocycles. The standard InChI is InChI=1S/C12H14F2O4/c13-11(14)8-17-6-1-7-18-10-4-2-9(3-5-10)12(15)16/h2-5,11H,1,6-8H2,(H,15,16). The van der Waals surface area contributed by atoms with Crippen LogP contribution in [0.15, 0.2) is 24.3 Å². The first-order valence-electron chi connectivity index (χ1n) is 5.41. The molecule has 0 unspecified atom stereocenters. The van der Waals surface area contributed by atoms with E-state index in [2.05, 4.69) is 4.74 Å². The van der Waals surface area contributed by atoms with E-state index in [1.165, 1.54) is 12.1 Å². The molecule has 1 aromatic carbocycles. The lowest BCUT2D eigenvalue weighted by Gasteiger charge is -2.06. The van der Waals surface area contributed by atoms with Crippen LogP contribution in [0, 0.1) is 0 Å². The van der Waals surface area contributed by atoms with Crippen molar-refractivity contribution in [3.8, 4) is 5.75 Å². The normalized spacial score (nSPS) is 10.6. The molecule has 1 aromatic rings. The SMILES string of the molecule is O=C(O)c1ccc(OCCCOCC(F)F)cc1. The summed E-state index contributed by atoms with van der Waals surface area (Å²) in [7, 11) is 0. The minimum absolute atomic E-state index is 0.183. The highest BCUT2D eigenvalue weighted by molar-refractivity contribution is 5.87. The maximum Gasteiger partial charge on any atom is 0.335 e. The fourth-order valence-corrected chi connectivity index (χ4v) is 1.22. The lowest BCUT2D eigenvalue weighted by molar-refractivity contribution is 0.0139. The second-order valence-electron chi connectivity index (χ2n) is 3.50. The van der Waals surface area contributed by atoms with Gasteiger partial charge in [0.25, 0.3) is 6.43 Å². The van der Waals surface area contributed by atoms with Gasteiger partial charge in [-0.25, -0.2) is 13.6 Å². The van der Waals surface area contributed by atoms with Crippen molar-refractivity contribution in [1.82, 2.24) is 0 Å². The largest absolute Gasteiger partial charge is 0.494 e. The van der Waals surface area contributed by atoms with Gasteiger partial charge in [-0.2, -0.15) is 0 Å². The Hall–Kier alpha value is -1.69. The second-order valence-corrected chi connectivity index (χ2v) is 3.50. The number of ether oxygens (including phenoxy) is 2. The van der Waals surface area contributed by atoms with E-state index in [0.29, 0.717) is 18.8 Å². The average molecular weight is 260 g/mol. The van der Waals surface area contributed by atoms with E-state index in [-0.39, 0.29) is 12.2 Å². The van der Waals surface area contributed by atoms with Gasteiger partial charge in [-0.05, 0) is 24.3 Å². The van der Waals surface area contributed by atoms with Gasteiger partial charge < -0.3 is 14.6 Å². The van der Waals surface area contributed by atoms with Gasteiger partial charge in [0.2, 0.25) is 0 Å². The van der Waals surface area contributed by atoms with Gasteiger partial charge in [0.15, 0.2) is 0 Å². The summed E-state index contributed by atoms with van der Waals surface area (Å²) < 4.78 is 33.4. The zero-order chi connectivity index (χ0) is 13.4. The first kappa shape index (κ1) is 14.4. The van der Waals surface area contributed by atoms with Crippen LogP contribution < -0.4 is 4.74 Å². The molecule has 1 rings (SSSR count). The molecule has 18 heavy (non-hydrogen) atoms. The predicted molar refractivity (Wildman–Crippen MR) is 60.3 cm³/mol. The van der Waals surface area contributed by atoms with Crippen molar-refractivity contribution in [1.29, 1.82) is 0 Å². The highest BCUT2D eigenvalue weighted by Gasteiger charge is 2.03. The molecule has 0 aliphatic rings. The number of carbonyl (C=O) groups is 1. The topological polar surface area (TPSA) is 55.8 Å². The lowest BCUT2D eigenvalue weighted by Crippen LogP contribution is -2.08. The highest BCUT2D eigenvalue weighted by atomic mass is 19.3. The van der Waals surface area contributed by atoms with Gasteiger partial charge in [-0.1, -0.05) is 0 Å². The molecule has 0 aliphatic carbocycles.